The van der Waals surface area contributed by atoms with Gasteiger partial charge in [-0.3, -0.25) is 4.79 Å². The Morgan fingerprint density at radius 3 is 2.52 bits per heavy atom. The number of rotatable bonds is 8. The third kappa shape index (κ3) is 3.21. The number of nitrogens with one attached hydrogen (secondary N) is 1. The molecule has 1 amide bonds. The smallest absolute Gasteiger partial charge is 0.239 e. The van der Waals surface area contributed by atoms with Crippen LogP contribution in [0.3, 0.4) is 0 Å². The first-order valence-corrected chi connectivity index (χ1v) is 7.90. The topological polar surface area (TPSA) is 58.4 Å². The van der Waals surface area contributed by atoms with Crippen LogP contribution in [0.4, 0.5) is 5.69 Å². The first kappa shape index (κ1) is 15.8. The van der Waals surface area contributed by atoms with Crippen LogP contribution in [0, 0.1) is 12.8 Å². The first-order valence-electron chi connectivity index (χ1n) is 7.90. The van der Waals surface area contributed by atoms with Gasteiger partial charge < -0.3 is 16.0 Å². The summed E-state index contributed by atoms with van der Waals surface area (Å²) in [6.45, 7) is 8.51. The molecule has 4 heteroatoms. The highest BCUT2D eigenvalue weighted by Gasteiger charge is 2.50. The maximum atomic E-state index is 12.2. The molecule has 1 saturated carbocycles. The van der Waals surface area contributed by atoms with Crippen LogP contribution < -0.4 is 16.0 Å². The van der Waals surface area contributed by atoms with E-state index in [4.69, 9.17) is 5.73 Å². The Labute approximate surface area is 127 Å². The van der Waals surface area contributed by atoms with Crippen LogP contribution in [0.15, 0.2) is 24.3 Å². The number of primary amides is 1. The highest BCUT2D eigenvalue weighted by atomic mass is 16.1. The van der Waals surface area contributed by atoms with E-state index in [1.54, 1.807) is 0 Å². The fraction of sp³-hybridized carbons (Fsp3) is 0.588. The number of hydrogen-bond donors (Lipinski definition) is 2. The largest absolute Gasteiger partial charge is 0.369 e. The van der Waals surface area contributed by atoms with Crippen molar-refractivity contribution in [3.63, 3.8) is 0 Å². The number of carbonyl (C=O) groups is 1. The van der Waals surface area contributed by atoms with Crippen molar-refractivity contribution in [2.24, 2.45) is 11.7 Å². The van der Waals surface area contributed by atoms with Crippen molar-refractivity contribution in [2.45, 2.75) is 39.2 Å². The minimum atomic E-state index is -0.604. The molecule has 3 N–H and O–H groups in total. The molecule has 21 heavy (non-hydrogen) atoms. The summed E-state index contributed by atoms with van der Waals surface area (Å²) in [5.74, 6) is 0.145. The first-order chi connectivity index (χ1) is 10.0. The molecule has 0 aromatic heterocycles. The minimum Gasteiger partial charge on any atom is -0.369 e. The van der Waals surface area contributed by atoms with E-state index in [-0.39, 0.29) is 5.91 Å². The average Bonchev–Trinajstić information content (AvgIpc) is 3.29. The van der Waals surface area contributed by atoms with E-state index in [0.717, 1.165) is 25.9 Å². The average molecular weight is 289 g/mol. The lowest BCUT2D eigenvalue weighted by molar-refractivity contribution is -0.125. The van der Waals surface area contributed by atoms with Crippen LogP contribution in [0.2, 0.25) is 0 Å². The van der Waals surface area contributed by atoms with E-state index in [2.05, 4.69) is 36.2 Å². The van der Waals surface area contributed by atoms with Gasteiger partial charge in [-0.15, -0.1) is 0 Å². The van der Waals surface area contributed by atoms with E-state index in [1.165, 1.54) is 11.3 Å². The van der Waals surface area contributed by atoms with Gasteiger partial charge in [0.2, 0.25) is 5.91 Å². The van der Waals surface area contributed by atoms with Crippen molar-refractivity contribution in [3.05, 3.63) is 29.8 Å². The van der Waals surface area contributed by atoms with Crippen molar-refractivity contribution in [1.29, 1.82) is 0 Å². The second-order valence-corrected chi connectivity index (χ2v) is 5.94. The Kier molecular flexibility index (Phi) is 4.88. The molecule has 0 saturated heterocycles. The number of nitrogens with zero attached hydrogens (tertiary/aromatic N) is 1. The number of carbonyl (C=O) groups excluding carboxylic acids is 1. The molecule has 1 aromatic carbocycles. The maximum Gasteiger partial charge on any atom is 0.239 e. The summed E-state index contributed by atoms with van der Waals surface area (Å²) >= 11 is 0. The highest BCUT2D eigenvalue weighted by Crippen LogP contribution is 2.40. The van der Waals surface area contributed by atoms with Crippen molar-refractivity contribution in [3.8, 4) is 0 Å². The number of nitrogens with two attached hydrogens (primary N) is 1. The van der Waals surface area contributed by atoms with Gasteiger partial charge >= 0.3 is 0 Å². The Morgan fingerprint density at radius 1 is 1.38 bits per heavy atom. The molecular weight excluding hydrogens is 262 g/mol. The van der Waals surface area contributed by atoms with Gasteiger partial charge in [0, 0.05) is 18.8 Å². The predicted octanol–water partition coefficient (Wildman–Crippen LogP) is 2.06. The highest BCUT2D eigenvalue weighted by molar-refractivity contribution is 5.86. The SMILES string of the molecule is CCNC(CN(CC)c1ccccc1C)(C(N)=O)C1CC1. The van der Waals surface area contributed by atoms with E-state index in [1.807, 2.05) is 19.1 Å². The van der Waals surface area contributed by atoms with Gasteiger partial charge in [-0.25, -0.2) is 0 Å². The van der Waals surface area contributed by atoms with Gasteiger partial charge in [0.15, 0.2) is 0 Å². The second-order valence-electron chi connectivity index (χ2n) is 5.94. The van der Waals surface area contributed by atoms with Gasteiger partial charge in [0.05, 0.1) is 0 Å². The summed E-state index contributed by atoms with van der Waals surface area (Å²) in [6.07, 6.45) is 2.17. The zero-order valence-corrected chi connectivity index (χ0v) is 13.4. The van der Waals surface area contributed by atoms with Crippen molar-refractivity contribution >= 4 is 11.6 Å². The summed E-state index contributed by atoms with van der Waals surface area (Å²) in [5.41, 5.74) is 7.60. The summed E-state index contributed by atoms with van der Waals surface area (Å²) in [7, 11) is 0. The van der Waals surface area contributed by atoms with Crippen molar-refractivity contribution in [1.82, 2.24) is 5.32 Å². The summed E-state index contributed by atoms with van der Waals surface area (Å²) in [6, 6.07) is 8.30. The van der Waals surface area contributed by atoms with Gasteiger partial charge in [-0.05, 0) is 50.8 Å². The standard InChI is InChI=1S/C17H27N3O/c1-4-19-17(16(18)21,14-10-11-14)12-20(5-2)15-9-7-6-8-13(15)3/h6-9,14,19H,4-5,10-12H2,1-3H3,(H2,18,21). The molecule has 4 nitrogen and oxygen atoms in total. The predicted molar refractivity (Wildman–Crippen MR) is 87.4 cm³/mol. The molecule has 1 fully saturated rings. The van der Waals surface area contributed by atoms with Crippen LogP contribution in [0.25, 0.3) is 0 Å². The summed E-state index contributed by atoms with van der Waals surface area (Å²) < 4.78 is 0. The summed E-state index contributed by atoms with van der Waals surface area (Å²) in [4.78, 5) is 14.5. The number of hydrogen-bond acceptors (Lipinski definition) is 3. The Hall–Kier alpha value is -1.55. The molecule has 2 rings (SSSR count). The fourth-order valence-electron chi connectivity index (χ4n) is 3.17. The lowest BCUT2D eigenvalue weighted by atomic mass is 9.90. The molecule has 1 aliphatic rings. The van der Waals surface area contributed by atoms with Gasteiger partial charge in [-0.1, -0.05) is 25.1 Å². The Balaban J connectivity index is 2.29. The summed E-state index contributed by atoms with van der Waals surface area (Å²) in [5, 5.41) is 3.40. The van der Waals surface area contributed by atoms with Gasteiger partial charge in [0.1, 0.15) is 5.54 Å². The Morgan fingerprint density at radius 2 is 2.05 bits per heavy atom. The van der Waals surface area contributed by atoms with E-state index < -0.39 is 5.54 Å². The molecular formula is C17H27N3O. The molecule has 116 valence electrons. The van der Waals surface area contributed by atoms with E-state index >= 15 is 0 Å². The molecule has 1 atom stereocenters. The van der Waals surface area contributed by atoms with E-state index in [0.29, 0.717) is 12.5 Å². The number of likely N-dealkylation sites (N-methyl/N-ethyl adjacent to an activating group) is 2. The number of aryl methyl sites for hydroxylation is 1. The number of benzene rings is 1. The van der Waals surface area contributed by atoms with Crippen molar-refractivity contribution < 1.29 is 4.79 Å². The minimum absolute atomic E-state index is 0.223. The van der Waals surface area contributed by atoms with E-state index in [9.17, 15) is 4.79 Å². The van der Waals surface area contributed by atoms with Gasteiger partial charge in [-0.2, -0.15) is 0 Å². The third-order valence-corrected chi connectivity index (χ3v) is 4.48. The molecule has 0 heterocycles. The van der Waals surface area contributed by atoms with Crippen molar-refractivity contribution in [2.75, 3.05) is 24.5 Å². The third-order valence-electron chi connectivity index (χ3n) is 4.48. The molecule has 0 aliphatic heterocycles. The zero-order chi connectivity index (χ0) is 15.5. The van der Waals surface area contributed by atoms with Gasteiger partial charge in [0.25, 0.3) is 0 Å². The molecule has 1 aromatic rings. The van der Waals surface area contributed by atoms with Crippen LogP contribution in [0.5, 0.6) is 0 Å². The molecule has 0 bridgehead atoms. The van der Waals surface area contributed by atoms with Crippen LogP contribution in [-0.4, -0.2) is 31.1 Å². The maximum absolute atomic E-state index is 12.2. The normalized spacial score (nSPS) is 17.3. The molecule has 1 aliphatic carbocycles. The van der Waals surface area contributed by atoms with Crippen LogP contribution in [-0.2, 0) is 4.79 Å². The molecule has 0 radical (unpaired) electrons. The van der Waals surface area contributed by atoms with Crippen LogP contribution >= 0.6 is 0 Å². The number of anilines is 1. The molecule has 1 unspecified atom stereocenters. The fourth-order valence-corrected chi connectivity index (χ4v) is 3.17. The van der Waals surface area contributed by atoms with Crippen LogP contribution in [0.1, 0.15) is 32.3 Å². The Bertz CT molecular complexity index is 499. The molecule has 0 spiro atoms. The quantitative estimate of drug-likeness (QED) is 0.770. The second kappa shape index (κ2) is 6.48. The monoisotopic (exact) mass is 289 g/mol. The number of para-hydroxylation sites is 1. The lowest BCUT2D eigenvalue weighted by Crippen LogP contribution is -2.63. The lowest BCUT2D eigenvalue weighted by Gasteiger charge is -2.38. The zero-order valence-electron chi connectivity index (χ0n) is 13.4. The number of amides is 1.